The number of azide groups is 1. The molecule has 2 heterocycles. The van der Waals surface area contributed by atoms with Crippen LogP contribution >= 0.6 is 19.5 Å². The Hall–Kier alpha value is -3.43. The second-order valence-corrected chi connectivity index (χ2v) is 14.0. The van der Waals surface area contributed by atoms with E-state index < -0.39 is 61.4 Å². The lowest BCUT2D eigenvalue weighted by Crippen LogP contribution is -2.39. The maximum absolute atomic E-state index is 14.1. The Kier molecular flexibility index (Phi) is 12.6. The summed E-state index contributed by atoms with van der Waals surface area (Å²) < 4.78 is 37.4. The lowest BCUT2D eigenvalue weighted by Gasteiger charge is -2.26. The van der Waals surface area contributed by atoms with Crippen molar-refractivity contribution < 1.29 is 37.8 Å². The molecule has 3 N–H and O–H groups in total. The van der Waals surface area contributed by atoms with E-state index >= 15 is 0 Å². The number of aromatic amines is 1. The molecule has 0 aliphatic carbocycles. The lowest BCUT2D eigenvalue weighted by atomic mass is 10.00. The van der Waals surface area contributed by atoms with Gasteiger partial charge in [-0.25, -0.2) is 14.4 Å². The summed E-state index contributed by atoms with van der Waals surface area (Å²) in [7, 11) is -3.20. The Morgan fingerprint density at radius 2 is 1.98 bits per heavy atom. The molecule has 1 fully saturated rings. The summed E-state index contributed by atoms with van der Waals surface area (Å²) in [6.45, 7) is 6.14. The molecule has 0 saturated carbocycles. The Morgan fingerprint density at radius 3 is 2.60 bits per heavy atom. The number of carbonyl (C=O) groups is 2. The van der Waals surface area contributed by atoms with Gasteiger partial charge in [-0.05, 0) is 36.6 Å². The van der Waals surface area contributed by atoms with E-state index in [-0.39, 0.29) is 41.6 Å². The minimum atomic E-state index is -4.36. The minimum absolute atomic E-state index is 0.0151. The van der Waals surface area contributed by atoms with Crippen molar-refractivity contribution in [2.45, 2.75) is 65.0 Å². The maximum atomic E-state index is 14.1. The van der Waals surface area contributed by atoms with Gasteiger partial charge in [-0.2, -0.15) is 0 Å². The third-order valence-corrected chi connectivity index (χ3v) is 9.52. The van der Waals surface area contributed by atoms with E-state index in [1.165, 1.54) is 25.3 Å². The van der Waals surface area contributed by atoms with Crippen molar-refractivity contribution in [2.24, 2.45) is 10.5 Å². The summed E-state index contributed by atoms with van der Waals surface area (Å²) >= 11 is 0.988. The number of carbonyl (C=O) groups excluding carboxylic acids is 2. The number of aromatic nitrogens is 2. The molecule has 1 aliphatic rings. The number of thioether (sulfide) groups is 1. The largest absolute Gasteiger partial charge is 0.508 e. The Labute approximate surface area is 263 Å². The van der Waals surface area contributed by atoms with E-state index in [0.29, 0.717) is 5.56 Å². The maximum Gasteiger partial charge on any atom is 0.406 e. The van der Waals surface area contributed by atoms with Crippen LogP contribution in [0.15, 0.2) is 45.2 Å². The van der Waals surface area contributed by atoms with Crippen LogP contribution in [-0.4, -0.2) is 70.0 Å². The van der Waals surface area contributed by atoms with Crippen LogP contribution in [0.4, 0.5) is 0 Å². The van der Waals surface area contributed by atoms with Gasteiger partial charge in [-0.15, -0.1) is 0 Å². The molecule has 1 aliphatic heterocycles. The second-order valence-electron chi connectivity index (χ2n) is 11.2. The van der Waals surface area contributed by atoms with E-state index in [9.17, 15) is 28.8 Å². The highest BCUT2D eigenvalue weighted by molar-refractivity contribution is 8.13. The zero-order valence-corrected chi connectivity index (χ0v) is 27.2. The van der Waals surface area contributed by atoms with Gasteiger partial charge in [0.15, 0.2) is 5.12 Å². The molecule has 2 aromatic rings. The first-order chi connectivity index (χ1) is 21.2. The topological polar surface area (TPSA) is 224 Å². The first kappa shape index (κ1) is 36.0. The molecule has 1 aromatic carbocycles. The summed E-state index contributed by atoms with van der Waals surface area (Å²) in [5, 5.41) is 15.9. The van der Waals surface area contributed by atoms with E-state index in [2.05, 4.69) is 20.1 Å². The smallest absolute Gasteiger partial charge is 0.406 e. The Balaban J connectivity index is 1.82. The molecule has 3 rings (SSSR count). The van der Waals surface area contributed by atoms with E-state index in [0.717, 1.165) is 23.4 Å². The third kappa shape index (κ3) is 10.3. The molecular formula is C27H37N6O10PS. The first-order valence-corrected chi connectivity index (χ1v) is 16.4. The van der Waals surface area contributed by atoms with Crippen molar-refractivity contribution in [1.82, 2.24) is 14.6 Å². The summed E-state index contributed by atoms with van der Waals surface area (Å²) in [4.78, 5) is 54.4. The number of H-pyrrole nitrogens is 1. The highest BCUT2D eigenvalue weighted by atomic mass is 32.2. The summed E-state index contributed by atoms with van der Waals surface area (Å²) in [6.07, 6.45) is -0.604. The van der Waals surface area contributed by atoms with Gasteiger partial charge in [0.2, 0.25) is 0 Å². The molecule has 45 heavy (non-hydrogen) atoms. The number of rotatable bonds is 14. The molecule has 1 unspecified atom stereocenters. The number of phenolic OH excluding ortho intramolecular Hbond substituents is 1. The standard InChI is InChI=1S/C27H37N6O10PS/c1-16-14-33(26(38)29-23(16)35)22-13-19(30-32-28)21(43-22)15-42-44(39,41-10-11-45-25(37)27(2,3)4)31-20(24(36)40-5)12-17-6-8-18(34)9-7-17/h6-9,14,19-22,34H,10-13,15H2,1-5H3,(H,31,39)(H,29,35,38)/t19-,20-,21+,22+,44?/m0/s1. The summed E-state index contributed by atoms with van der Waals surface area (Å²) in [5.74, 6) is -0.626. The monoisotopic (exact) mass is 668 g/mol. The van der Waals surface area contributed by atoms with Gasteiger partial charge in [0.05, 0.1) is 32.5 Å². The normalized spacial score (nSPS) is 20.2. The van der Waals surface area contributed by atoms with Gasteiger partial charge in [0, 0.05) is 34.3 Å². The fourth-order valence-corrected chi connectivity index (χ4v) is 6.58. The van der Waals surface area contributed by atoms with Crippen molar-refractivity contribution in [3.05, 3.63) is 72.9 Å². The quantitative estimate of drug-likeness (QED) is 0.0658. The Bertz CT molecular complexity index is 1570. The fraction of sp³-hybridized carbons (Fsp3) is 0.556. The first-order valence-electron chi connectivity index (χ1n) is 13.9. The van der Waals surface area contributed by atoms with Crippen LogP contribution in [0.5, 0.6) is 5.75 Å². The number of methoxy groups -OCH3 is 1. The molecule has 18 heteroatoms. The van der Waals surface area contributed by atoms with Crippen LogP contribution in [0.2, 0.25) is 0 Å². The van der Waals surface area contributed by atoms with Crippen LogP contribution in [0.25, 0.3) is 10.4 Å². The van der Waals surface area contributed by atoms with Crippen LogP contribution in [0.3, 0.4) is 0 Å². The van der Waals surface area contributed by atoms with Crippen molar-refractivity contribution in [1.29, 1.82) is 0 Å². The molecule has 1 aromatic heterocycles. The molecule has 0 radical (unpaired) electrons. The molecule has 246 valence electrons. The van der Waals surface area contributed by atoms with E-state index in [4.69, 9.17) is 24.1 Å². The predicted octanol–water partition coefficient (Wildman–Crippen LogP) is 3.34. The van der Waals surface area contributed by atoms with Gasteiger partial charge in [0.25, 0.3) is 5.56 Å². The van der Waals surface area contributed by atoms with Crippen LogP contribution in [-0.2, 0) is 39.1 Å². The average molecular weight is 669 g/mol. The third-order valence-electron chi connectivity index (χ3n) is 6.63. The van der Waals surface area contributed by atoms with Gasteiger partial charge >= 0.3 is 19.4 Å². The number of esters is 1. The number of aromatic hydroxyl groups is 1. The van der Waals surface area contributed by atoms with Crippen molar-refractivity contribution >= 4 is 30.6 Å². The SMILES string of the molecule is COC(=O)[C@H](Cc1ccc(O)cc1)NP(=O)(OCCSC(=O)C(C)(C)C)OC[C@H]1O[C@@H](n2cc(C)c(=O)[nH]c2=O)C[C@@H]1N=[N+]=[N-]. The van der Waals surface area contributed by atoms with Crippen LogP contribution in [0, 0.1) is 12.3 Å². The fourth-order valence-electron chi connectivity index (χ4n) is 4.20. The zero-order valence-electron chi connectivity index (χ0n) is 25.5. The number of aryl methyl sites for hydroxylation is 1. The molecule has 0 amide bonds. The van der Waals surface area contributed by atoms with Gasteiger partial charge in [-0.1, -0.05) is 49.8 Å². The Morgan fingerprint density at radius 1 is 1.29 bits per heavy atom. The van der Waals surface area contributed by atoms with Gasteiger partial charge in [-0.3, -0.25) is 33.0 Å². The zero-order chi connectivity index (χ0) is 33.4. The number of benzene rings is 1. The molecule has 1 saturated heterocycles. The number of phenols is 1. The summed E-state index contributed by atoms with van der Waals surface area (Å²) in [5.41, 5.74) is 8.09. The number of nitrogens with zero attached hydrogens (tertiary/aromatic N) is 4. The molecule has 16 nitrogen and oxygen atoms in total. The van der Waals surface area contributed by atoms with Crippen molar-refractivity contribution in [3.8, 4) is 5.75 Å². The number of hydrogen-bond acceptors (Lipinski definition) is 12. The second kappa shape index (κ2) is 15.7. The number of ether oxygens (including phenoxy) is 2. The van der Waals surface area contributed by atoms with Crippen LogP contribution < -0.4 is 16.3 Å². The average Bonchev–Trinajstić information content (AvgIpc) is 3.38. The lowest BCUT2D eigenvalue weighted by molar-refractivity contribution is -0.142. The van der Waals surface area contributed by atoms with Gasteiger partial charge in [0.1, 0.15) is 18.0 Å². The van der Waals surface area contributed by atoms with E-state index in [1.54, 1.807) is 32.9 Å². The van der Waals surface area contributed by atoms with Gasteiger partial charge < -0.3 is 14.6 Å². The summed E-state index contributed by atoms with van der Waals surface area (Å²) in [6, 6.07) is 3.93. The van der Waals surface area contributed by atoms with Crippen molar-refractivity contribution in [2.75, 3.05) is 26.1 Å². The number of nitrogens with one attached hydrogen (secondary N) is 2. The highest BCUT2D eigenvalue weighted by Gasteiger charge is 2.40. The predicted molar refractivity (Wildman–Crippen MR) is 165 cm³/mol. The molecule has 0 bridgehead atoms. The molecular weight excluding hydrogens is 631 g/mol. The van der Waals surface area contributed by atoms with E-state index in [1.807, 2.05) is 0 Å². The highest BCUT2D eigenvalue weighted by Crippen LogP contribution is 2.46. The van der Waals surface area contributed by atoms with Crippen LogP contribution in [0.1, 0.15) is 44.5 Å². The molecule has 0 spiro atoms. The minimum Gasteiger partial charge on any atom is -0.508 e. The van der Waals surface area contributed by atoms with Crippen molar-refractivity contribution in [3.63, 3.8) is 0 Å². The molecule has 5 atom stereocenters. The number of hydrogen-bond donors (Lipinski definition) is 3.